The minimum absolute atomic E-state index is 0.0813. The number of benzene rings is 1. The first-order valence-electron chi connectivity index (χ1n) is 6.61. The number of fused-ring (bicyclic) bond motifs is 1. The van der Waals surface area contributed by atoms with Crippen LogP contribution >= 0.6 is 0 Å². The summed E-state index contributed by atoms with van der Waals surface area (Å²) in [6, 6.07) is 5.53. The van der Waals surface area contributed by atoms with Crippen LogP contribution in [0.2, 0.25) is 0 Å². The minimum atomic E-state index is -3.11. The smallest absolute Gasteiger partial charge is 0.264 e. The van der Waals surface area contributed by atoms with Crippen molar-refractivity contribution in [3.05, 3.63) is 35.4 Å². The zero-order chi connectivity index (χ0) is 17.4. The summed E-state index contributed by atoms with van der Waals surface area (Å²) in [5, 5.41) is 48.1. The Morgan fingerprint density at radius 1 is 1.09 bits per heavy atom. The van der Waals surface area contributed by atoms with Gasteiger partial charge in [0, 0.05) is 0 Å². The van der Waals surface area contributed by atoms with Crippen LogP contribution < -0.4 is 0 Å². The average molecular weight is 325 g/mol. The fourth-order valence-electron chi connectivity index (χ4n) is 2.34. The standard InChI is InChI=1S/C14H15NO8/c16-5-9(18)10(19)11(20)14(23,6-17)15-12(21)7-3-1-2-4-8(7)13(15)22/h1-4,6,9-11,16,18-20,23H,5H2/t9-,10-,11+,14+/m1/s1. The first-order valence-corrected chi connectivity index (χ1v) is 6.61. The molecule has 1 aromatic rings. The van der Waals surface area contributed by atoms with Crippen molar-refractivity contribution >= 4 is 18.1 Å². The highest BCUT2D eigenvalue weighted by Gasteiger charge is 2.55. The SMILES string of the molecule is O=C[C@](O)([C@@H](O)[C@H](O)[C@H](O)CO)N1C(=O)c2ccccc2C1=O. The number of amides is 2. The lowest BCUT2D eigenvalue weighted by molar-refractivity contribution is -0.191. The molecule has 1 aliphatic rings. The van der Waals surface area contributed by atoms with Gasteiger partial charge in [0.25, 0.3) is 11.8 Å². The molecule has 0 bridgehead atoms. The van der Waals surface area contributed by atoms with Crippen LogP contribution in [-0.4, -0.2) is 79.2 Å². The lowest BCUT2D eigenvalue weighted by atomic mass is 9.97. The molecule has 0 radical (unpaired) electrons. The van der Waals surface area contributed by atoms with Crippen LogP contribution in [0, 0.1) is 0 Å². The van der Waals surface area contributed by atoms with Gasteiger partial charge in [-0.05, 0) is 12.1 Å². The number of aliphatic hydroxyl groups excluding tert-OH is 4. The molecule has 0 saturated heterocycles. The maximum Gasteiger partial charge on any atom is 0.264 e. The number of imide groups is 1. The highest BCUT2D eigenvalue weighted by Crippen LogP contribution is 2.30. The van der Waals surface area contributed by atoms with Gasteiger partial charge in [-0.3, -0.25) is 14.4 Å². The molecule has 2 rings (SSSR count). The second-order valence-corrected chi connectivity index (χ2v) is 5.08. The van der Waals surface area contributed by atoms with Gasteiger partial charge in [0.05, 0.1) is 17.7 Å². The molecule has 0 fully saturated rings. The Balaban J connectivity index is 2.44. The van der Waals surface area contributed by atoms with E-state index in [2.05, 4.69) is 0 Å². The summed E-state index contributed by atoms with van der Waals surface area (Å²) in [4.78, 5) is 35.9. The van der Waals surface area contributed by atoms with Crippen molar-refractivity contribution in [2.45, 2.75) is 24.0 Å². The number of nitrogens with zero attached hydrogens (tertiary/aromatic N) is 1. The highest BCUT2D eigenvalue weighted by atomic mass is 16.4. The molecule has 5 N–H and O–H groups in total. The number of aldehydes is 1. The van der Waals surface area contributed by atoms with E-state index in [1.54, 1.807) is 0 Å². The van der Waals surface area contributed by atoms with Crippen LogP contribution in [0.15, 0.2) is 24.3 Å². The number of hydrogen-bond acceptors (Lipinski definition) is 8. The summed E-state index contributed by atoms with van der Waals surface area (Å²) in [5.74, 6) is -2.07. The summed E-state index contributed by atoms with van der Waals surface area (Å²) < 4.78 is 0. The van der Waals surface area contributed by atoms with Gasteiger partial charge in [-0.15, -0.1) is 0 Å². The maximum atomic E-state index is 12.3. The van der Waals surface area contributed by atoms with Gasteiger partial charge in [-0.2, -0.15) is 0 Å². The molecule has 1 aromatic carbocycles. The fourth-order valence-corrected chi connectivity index (χ4v) is 2.34. The second-order valence-electron chi connectivity index (χ2n) is 5.08. The van der Waals surface area contributed by atoms with Gasteiger partial charge < -0.3 is 25.5 Å². The number of aliphatic hydroxyl groups is 5. The van der Waals surface area contributed by atoms with Crippen molar-refractivity contribution < 1.29 is 39.9 Å². The monoisotopic (exact) mass is 325 g/mol. The molecular formula is C14H15NO8. The van der Waals surface area contributed by atoms with Gasteiger partial charge in [0.2, 0.25) is 5.72 Å². The average Bonchev–Trinajstić information content (AvgIpc) is 2.84. The molecule has 0 spiro atoms. The second kappa shape index (κ2) is 6.14. The Morgan fingerprint density at radius 3 is 1.96 bits per heavy atom. The van der Waals surface area contributed by atoms with Gasteiger partial charge >= 0.3 is 0 Å². The fraction of sp³-hybridized carbons (Fsp3) is 0.357. The van der Waals surface area contributed by atoms with Gasteiger partial charge in [0.1, 0.15) is 18.3 Å². The molecular weight excluding hydrogens is 310 g/mol. The van der Waals surface area contributed by atoms with Crippen LogP contribution in [0.3, 0.4) is 0 Å². The molecule has 23 heavy (non-hydrogen) atoms. The highest BCUT2D eigenvalue weighted by molar-refractivity contribution is 6.22. The predicted octanol–water partition coefficient (Wildman–Crippen LogP) is -2.75. The van der Waals surface area contributed by atoms with Gasteiger partial charge in [0.15, 0.2) is 6.29 Å². The summed E-state index contributed by atoms with van der Waals surface area (Å²) in [6.07, 6.45) is -6.79. The summed E-state index contributed by atoms with van der Waals surface area (Å²) >= 11 is 0. The Bertz CT molecular complexity index is 612. The lowest BCUT2D eigenvalue weighted by Gasteiger charge is -2.37. The minimum Gasteiger partial charge on any atom is -0.394 e. The molecule has 0 saturated carbocycles. The van der Waals surface area contributed by atoms with Crippen molar-refractivity contribution in [1.82, 2.24) is 4.90 Å². The molecule has 9 heteroatoms. The van der Waals surface area contributed by atoms with Crippen molar-refractivity contribution in [2.24, 2.45) is 0 Å². The third-order valence-corrected chi connectivity index (χ3v) is 3.67. The maximum absolute atomic E-state index is 12.3. The van der Waals surface area contributed by atoms with E-state index in [1.807, 2.05) is 0 Å². The largest absolute Gasteiger partial charge is 0.394 e. The Kier molecular flexibility index (Phi) is 4.59. The molecule has 4 atom stereocenters. The van der Waals surface area contributed by atoms with E-state index in [0.717, 1.165) is 0 Å². The molecule has 124 valence electrons. The van der Waals surface area contributed by atoms with Crippen LogP contribution in [0.4, 0.5) is 0 Å². The van der Waals surface area contributed by atoms with Crippen molar-refractivity contribution in [2.75, 3.05) is 6.61 Å². The third kappa shape index (κ3) is 2.54. The van der Waals surface area contributed by atoms with E-state index >= 15 is 0 Å². The zero-order valence-corrected chi connectivity index (χ0v) is 11.7. The predicted molar refractivity (Wildman–Crippen MR) is 73.1 cm³/mol. The van der Waals surface area contributed by atoms with Gasteiger partial charge in [-0.25, -0.2) is 4.90 Å². The molecule has 2 amide bonds. The zero-order valence-electron chi connectivity index (χ0n) is 11.7. The Hall–Kier alpha value is -2.17. The van der Waals surface area contributed by atoms with Crippen LogP contribution in [0.1, 0.15) is 20.7 Å². The quantitative estimate of drug-likeness (QED) is 0.278. The first-order chi connectivity index (χ1) is 10.8. The van der Waals surface area contributed by atoms with Crippen molar-refractivity contribution in [3.63, 3.8) is 0 Å². The van der Waals surface area contributed by atoms with Crippen molar-refractivity contribution in [1.29, 1.82) is 0 Å². The topological polar surface area (TPSA) is 156 Å². The molecule has 0 aromatic heterocycles. The van der Waals surface area contributed by atoms with E-state index in [0.29, 0.717) is 0 Å². The van der Waals surface area contributed by atoms with Crippen molar-refractivity contribution in [3.8, 4) is 0 Å². The molecule has 0 unspecified atom stereocenters. The van der Waals surface area contributed by atoms with E-state index < -0.39 is 42.5 Å². The van der Waals surface area contributed by atoms with Crippen LogP contribution in [0.25, 0.3) is 0 Å². The molecule has 1 aliphatic heterocycles. The normalized spacial score (nSPS) is 20.7. The van der Waals surface area contributed by atoms with Crippen LogP contribution in [0.5, 0.6) is 0 Å². The van der Waals surface area contributed by atoms with Crippen LogP contribution in [-0.2, 0) is 4.79 Å². The summed E-state index contributed by atoms with van der Waals surface area (Å²) in [6.45, 7) is -0.977. The van der Waals surface area contributed by atoms with E-state index in [-0.39, 0.29) is 22.3 Å². The molecule has 1 heterocycles. The number of hydrogen-bond donors (Lipinski definition) is 5. The molecule has 0 aliphatic carbocycles. The lowest BCUT2D eigenvalue weighted by Crippen LogP contribution is -2.65. The van der Waals surface area contributed by atoms with E-state index in [4.69, 9.17) is 5.11 Å². The number of rotatable bonds is 6. The van der Waals surface area contributed by atoms with E-state index in [1.165, 1.54) is 24.3 Å². The molecule has 9 nitrogen and oxygen atoms in total. The number of carbonyl (C=O) groups excluding carboxylic acids is 3. The summed E-state index contributed by atoms with van der Waals surface area (Å²) in [5.41, 5.74) is -3.27. The third-order valence-electron chi connectivity index (χ3n) is 3.67. The Morgan fingerprint density at radius 2 is 1.57 bits per heavy atom. The Labute approximate surface area is 130 Å². The summed E-state index contributed by atoms with van der Waals surface area (Å²) in [7, 11) is 0. The van der Waals surface area contributed by atoms with E-state index in [9.17, 15) is 34.8 Å². The number of carbonyl (C=O) groups is 3. The van der Waals surface area contributed by atoms with Gasteiger partial charge in [-0.1, -0.05) is 12.1 Å². The first kappa shape index (κ1) is 17.2.